The summed E-state index contributed by atoms with van der Waals surface area (Å²) in [6, 6.07) is 0. The molecule has 0 bridgehead atoms. The van der Waals surface area contributed by atoms with Gasteiger partial charge in [0, 0.05) is 26.2 Å². The summed E-state index contributed by atoms with van der Waals surface area (Å²) in [5.74, 6) is 0. The van der Waals surface area contributed by atoms with Crippen LogP contribution >= 0.6 is 0 Å². The lowest BCUT2D eigenvalue weighted by Gasteiger charge is -2.29. The van der Waals surface area contributed by atoms with E-state index in [4.69, 9.17) is 9.47 Å². The Morgan fingerprint density at radius 2 is 1.94 bits per heavy atom. The van der Waals surface area contributed by atoms with Crippen molar-refractivity contribution in [3.05, 3.63) is 0 Å². The van der Waals surface area contributed by atoms with Crippen LogP contribution in [0.25, 0.3) is 0 Å². The van der Waals surface area contributed by atoms with E-state index >= 15 is 0 Å². The molecule has 0 aromatic carbocycles. The van der Waals surface area contributed by atoms with E-state index in [0.29, 0.717) is 0 Å². The van der Waals surface area contributed by atoms with Gasteiger partial charge in [0.05, 0.1) is 11.7 Å². The standard InChI is InChI=1S/C12H24N2O2/c1-9(2)16-12(3,4)10-11(15-10)14-7-5-13-6-8-14/h9-11,13H,5-8H2,1-4H3. The number of ether oxygens (including phenoxy) is 2. The topological polar surface area (TPSA) is 37.0 Å². The highest BCUT2D eigenvalue weighted by atomic mass is 16.6. The Bertz CT molecular complexity index is 237. The number of epoxide rings is 1. The number of hydrogen-bond donors (Lipinski definition) is 1. The van der Waals surface area contributed by atoms with E-state index < -0.39 is 0 Å². The van der Waals surface area contributed by atoms with Gasteiger partial charge in [-0.15, -0.1) is 0 Å². The van der Waals surface area contributed by atoms with Gasteiger partial charge in [0.15, 0.2) is 0 Å². The van der Waals surface area contributed by atoms with Crippen molar-refractivity contribution in [2.24, 2.45) is 0 Å². The van der Waals surface area contributed by atoms with Gasteiger partial charge in [-0.1, -0.05) is 0 Å². The number of hydrogen-bond acceptors (Lipinski definition) is 4. The summed E-state index contributed by atoms with van der Waals surface area (Å²) in [7, 11) is 0. The third-order valence-electron chi connectivity index (χ3n) is 3.20. The van der Waals surface area contributed by atoms with E-state index in [1.807, 2.05) is 0 Å². The summed E-state index contributed by atoms with van der Waals surface area (Å²) in [5, 5.41) is 3.35. The quantitative estimate of drug-likeness (QED) is 0.723. The summed E-state index contributed by atoms with van der Waals surface area (Å²) < 4.78 is 11.7. The first-order valence-electron chi connectivity index (χ1n) is 6.29. The highest BCUT2D eigenvalue weighted by Crippen LogP contribution is 2.37. The average molecular weight is 228 g/mol. The molecular formula is C12H24N2O2. The van der Waals surface area contributed by atoms with Crippen molar-refractivity contribution in [2.75, 3.05) is 26.2 Å². The maximum atomic E-state index is 5.92. The van der Waals surface area contributed by atoms with E-state index in [2.05, 4.69) is 37.9 Å². The van der Waals surface area contributed by atoms with Crippen LogP contribution in [0.1, 0.15) is 27.7 Å². The fraction of sp³-hybridized carbons (Fsp3) is 1.00. The Morgan fingerprint density at radius 3 is 2.50 bits per heavy atom. The van der Waals surface area contributed by atoms with Crippen LogP contribution in [-0.4, -0.2) is 55.1 Å². The van der Waals surface area contributed by atoms with Gasteiger partial charge < -0.3 is 14.8 Å². The summed E-state index contributed by atoms with van der Waals surface area (Å²) in [5.41, 5.74) is -0.177. The van der Waals surface area contributed by atoms with E-state index in [9.17, 15) is 0 Å². The van der Waals surface area contributed by atoms with E-state index in [1.165, 1.54) is 0 Å². The maximum absolute atomic E-state index is 5.92. The lowest BCUT2D eigenvalue weighted by molar-refractivity contribution is -0.0711. The van der Waals surface area contributed by atoms with Crippen molar-refractivity contribution >= 4 is 0 Å². The monoisotopic (exact) mass is 228 g/mol. The SMILES string of the molecule is CC(C)OC(C)(C)C1OC1N1CCNCC1. The molecule has 2 aliphatic rings. The van der Waals surface area contributed by atoms with Crippen LogP contribution < -0.4 is 5.32 Å². The Morgan fingerprint density at radius 1 is 1.31 bits per heavy atom. The molecule has 2 saturated heterocycles. The number of piperazine rings is 1. The molecule has 2 rings (SSSR count). The van der Waals surface area contributed by atoms with E-state index in [1.54, 1.807) is 0 Å². The summed E-state index contributed by atoms with van der Waals surface area (Å²) in [6.07, 6.45) is 0.756. The average Bonchev–Trinajstić information content (AvgIpc) is 2.97. The zero-order valence-electron chi connectivity index (χ0n) is 10.8. The van der Waals surface area contributed by atoms with E-state index in [-0.39, 0.29) is 24.0 Å². The van der Waals surface area contributed by atoms with Crippen LogP contribution in [0, 0.1) is 0 Å². The molecule has 94 valence electrons. The fourth-order valence-corrected chi connectivity index (χ4v) is 2.50. The van der Waals surface area contributed by atoms with Gasteiger partial charge in [-0.2, -0.15) is 0 Å². The number of nitrogens with one attached hydrogen (secondary N) is 1. The molecule has 2 atom stereocenters. The zero-order valence-corrected chi connectivity index (χ0v) is 10.8. The smallest absolute Gasteiger partial charge is 0.140 e. The van der Waals surface area contributed by atoms with Crippen molar-refractivity contribution in [2.45, 2.75) is 51.7 Å². The second-order valence-corrected chi connectivity index (χ2v) is 5.50. The van der Waals surface area contributed by atoms with Crippen molar-refractivity contribution in [1.82, 2.24) is 10.2 Å². The van der Waals surface area contributed by atoms with Crippen molar-refractivity contribution in [3.63, 3.8) is 0 Å². The van der Waals surface area contributed by atoms with Crippen molar-refractivity contribution < 1.29 is 9.47 Å². The third-order valence-corrected chi connectivity index (χ3v) is 3.20. The molecule has 0 amide bonds. The zero-order chi connectivity index (χ0) is 11.8. The second-order valence-electron chi connectivity index (χ2n) is 5.50. The van der Waals surface area contributed by atoms with Crippen LogP contribution in [0.5, 0.6) is 0 Å². The fourth-order valence-electron chi connectivity index (χ4n) is 2.50. The molecule has 2 unspecified atom stereocenters. The van der Waals surface area contributed by atoms with Gasteiger partial charge in [0.25, 0.3) is 0 Å². The molecular weight excluding hydrogens is 204 g/mol. The molecule has 0 aromatic rings. The van der Waals surface area contributed by atoms with Crippen LogP contribution in [0.15, 0.2) is 0 Å². The van der Waals surface area contributed by atoms with Gasteiger partial charge in [0.1, 0.15) is 12.3 Å². The molecule has 4 heteroatoms. The third kappa shape index (κ3) is 2.74. The normalized spacial score (nSPS) is 32.1. The Hall–Kier alpha value is -0.160. The summed E-state index contributed by atoms with van der Waals surface area (Å²) >= 11 is 0. The van der Waals surface area contributed by atoms with Gasteiger partial charge in [-0.05, 0) is 27.7 Å². The molecule has 0 radical (unpaired) electrons. The molecule has 4 nitrogen and oxygen atoms in total. The largest absolute Gasteiger partial charge is 0.370 e. The molecule has 2 aliphatic heterocycles. The predicted octanol–water partition coefficient (Wildman–Crippen LogP) is 0.820. The van der Waals surface area contributed by atoms with Gasteiger partial charge in [0.2, 0.25) is 0 Å². The predicted molar refractivity (Wildman–Crippen MR) is 63.4 cm³/mol. The molecule has 1 N–H and O–H groups in total. The Kier molecular flexibility index (Phi) is 3.54. The minimum absolute atomic E-state index is 0.177. The van der Waals surface area contributed by atoms with Gasteiger partial charge >= 0.3 is 0 Å². The Balaban J connectivity index is 1.84. The number of nitrogens with zero attached hydrogens (tertiary/aromatic N) is 1. The second kappa shape index (κ2) is 4.61. The molecule has 2 fully saturated rings. The molecule has 0 saturated carbocycles. The first-order chi connectivity index (χ1) is 7.50. The first-order valence-corrected chi connectivity index (χ1v) is 6.29. The first kappa shape index (κ1) is 12.3. The lowest BCUT2D eigenvalue weighted by Crippen LogP contribution is -2.47. The highest BCUT2D eigenvalue weighted by molar-refractivity contribution is 4.98. The van der Waals surface area contributed by atoms with Crippen molar-refractivity contribution in [3.8, 4) is 0 Å². The molecule has 16 heavy (non-hydrogen) atoms. The Labute approximate surface area is 98.3 Å². The highest BCUT2D eigenvalue weighted by Gasteiger charge is 2.53. The van der Waals surface area contributed by atoms with Crippen LogP contribution in [-0.2, 0) is 9.47 Å². The van der Waals surface area contributed by atoms with Crippen LogP contribution in [0.2, 0.25) is 0 Å². The molecule has 0 spiro atoms. The maximum Gasteiger partial charge on any atom is 0.140 e. The minimum Gasteiger partial charge on any atom is -0.370 e. The van der Waals surface area contributed by atoms with Crippen LogP contribution in [0.4, 0.5) is 0 Å². The lowest BCUT2D eigenvalue weighted by atomic mass is 10.0. The molecule has 2 heterocycles. The van der Waals surface area contributed by atoms with Gasteiger partial charge in [-0.3, -0.25) is 4.90 Å². The van der Waals surface area contributed by atoms with Gasteiger partial charge in [-0.25, -0.2) is 0 Å². The van der Waals surface area contributed by atoms with Crippen molar-refractivity contribution in [1.29, 1.82) is 0 Å². The summed E-state index contributed by atoms with van der Waals surface area (Å²) in [6.45, 7) is 12.7. The molecule has 0 aliphatic carbocycles. The van der Waals surface area contributed by atoms with E-state index in [0.717, 1.165) is 26.2 Å². The number of rotatable bonds is 4. The molecule has 0 aromatic heterocycles. The van der Waals surface area contributed by atoms with Crippen LogP contribution in [0.3, 0.4) is 0 Å². The minimum atomic E-state index is -0.177. The summed E-state index contributed by atoms with van der Waals surface area (Å²) in [4.78, 5) is 2.41.